The molecule has 2 aromatic rings. The van der Waals surface area contributed by atoms with Gasteiger partial charge in [0.25, 0.3) is 0 Å². The molecule has 2 rings (SSSR count). The van der Waals surface area contributed by atoms with Crippen LogP contribution in [0.1, 0.15) is 12.1 Å². The van der Waals surface area contributed by atoms with Crippen LogP contribution in [0.25, 0.3) is 0 Å². The van der Waals surface area contributed by atoms with Crippen LogP contribution in [0.2, 0.25) is 0 Å². The van der Waals surface area contributed by atoms with Crippen molar-refractivity contribution in [3.8, 4) is 0 Å². The lowest BCUT2D eigenvalue weighted by molar-refractivity contribution is 0.581. The second-order valence-electron chi connectivity index (χ2n) is 4.53. The second kappa shape index (κ2) is 6.00. The summed E-state index contributed by atoms with van der Waals surface area (Å²) in [5.41, 5.74) is 0.310. The minimum absolute atomic E-state index is 0.0112. The molecule has 0 amide bonds. The molecule has 1 aromatic heterocycles. The van der Waals surface area contributed by atoms with E-state index in [9.17, 15) is 13.2 Å². The molecule has 0 aliphatic heterocycles. The highest BCUT2D eigenvalue weighted by atomic mass is 32.2. The molecule has 0 N–H and O–H groups in total. The molecule has 0 atom stereocenters. The number of hydrogen-bond acceptors (Lipinski definition) is 4. The van der Waals surface area contributed by atoms with Crippen LogP contribution in [0.15, 0.2) is 52.3 Å². The Morgan fingerprint density at radius 2 is 1.85 bits per heavy atom. The first kappa shape index (κ1) is 14.5. The predicted octanol–water partition coefficient (Wildman–Crippen LogP) is 1.42. The average molecular weight is 292 g/mol. The van der Waals surface area contributed by atoms with E-state index >= 15 is 0 Å². The van der Waals surface area contributed by atoms with E-state index in [-0.39, 0.29) is 11.4 Å². The van der Waals surface area contributed by atoms with Crippen molar-refractivity contribution in [2.45, 2.75) is 24.8 Å². The Morgan fingerprint density at radius 3 is 2.50 bits per heavy atom. The topological polar surface area (TPSA) is 69.0 Å². The highest BCUT2D eigenvalue weighted by molar-refractivity contribution is 7.91. The number of nitrogens with zero attached hydrogens (tertiary/aromatic N) is 2. The van der Waals surface area contributed by atoms with Crippen molar-refractivity contribution >= 4 is 9.84 Å². The molecule has 0 radical (unpaired) electrons. The Kier molecular flexibility index (Phi) is 4.34. The SMILES string of the molecule is Cc1ccn(CCCS(=O)(=O)c2ccccc2)c(=O)n1. The summed E-state index contributed by atoms with van der Waals surface area (Å²) in [5.74, 6) is 0.0112. The van der Waals surface area contributed by atoms with Gasteiger partial charge in [0.1, 0.15) is 0 Å². The van der Waals surface area contributed by atoms with Gasteiger partial charge in [-0.3, -0.25) is 4.57 Å². The van der Waals surface area contributed by atoms with Crippen LogP contribution in [0.4, 0.5) is 0 Å². The Labute approximate surface area is 117 Å². The molecule has 0 fully saturated rings. The molecule has 1 aromatic carbocycles. The smallest absolute Gasteiger partial charge is 0.299 e. The number of benzene rings is 1. The van der Waals surface area contributed by atoms with Crippen molar-refractivity contribution in [2.75, 3.05) is 5.75 Å². The quantitative estimate of drug-likeness (QED) is 0.835. The van der Waals surface area contributed by atoms with Crippen molar-refractivity contribution in [1.82, 2.24) is 9.55 Å². The van der Waals surface area contributed by atoms with Crippen LogP contribution in [0, 0.1) is 6.92 Å². The van der Waals surface area contributed by atoms with Crippen molar-refractivity contribution in [1.29, 1.82) is 0 Å². The number of aryl methyl sites for hydroxylation is 2. The number of aromatic nitrogens is 2. The summed E-state index contributed by atoms with van der Waals surface area (Å²) in [6.07, 6.45) is 2.02. The van der Waals surface area contributed by atoms with Gasteiger partial charge in [0.2, 0.25) is 0 Å². The molecule has 1 heterocycles. The van der Waals surface area contributed by atoms with Crippen molar-refractivity contribution < 1.29 is 8.42 Å². The van der Waals surface area contributed by atoms with E-state index in [0.29, 0.717) is 23.6 Å². The molecule has 5 nitrogen and oxygen atoms in total. The number of sulfone groups is 1. The fourth-order valence-electron chi connectivity index (χ4n) is 1.85. The first-order valence-corrected chi connectivity index (χ1v) is 7.96. The molecular formula is C14H16N2O3S. The monoisotopic (exact) mass is 292 g/mol. The maximum absolute atomic E-state index is 12.1. The van der Waals surface area contributed by atoms with Crippen LogP contribution in [0.5, 0.6) is 0 Å². The molecular weight excluding hydrogens is 276 g/mol. The van der Waals surface area contributed by atoms with Crippen LogP contribution < -0.4 is 5.69 Å². The van der Waals surface area contributed by atoms with Gasteiger partial charge in [-0.25, -0.2) is 13.2 Å². The summed E-state index contributed by atoms with van der Waals surface area (Å²) >= 11 is 0. The number of hydrogen-bond donors (Lipinski definition) is 0. The highest BCUT2D eigenvalue weighted by Gasteiger charge is 2.13. The molecule has 0 unspecified atom stereocenters. The maximum atomic E-state index is 12.1. The minimum Gasteiger partial charge on any atom is -0.299 e. The molecule has 0 aliphatic carbocycles. The standard InChI is InChI=1S/C14H16N2O3S/c1-12-8-10-16(14(17)15-12)9-5-11-20(18,19)13-6-3-2-4-7-13/h2-4,6-8,10H,5,9,11H2,1H3. The van der Waals surface area contributed by atoms with E-state index in [1.807, 2.05) is 0 Å². The third-order valence-corrected chi connectivity index (χ3v) is 4.74. The first-order valence-electron chi connectivity index (χ1n) is 6.31. The van der Waals surface area contributed by atoms with Gasteiger partial charge >= 0.3 is 5.69 Å². The van der Waals surface area contributed by atoms with E-state index in [4.69, 9.17) is 0 Å². The Bertz CT molecular complexity index is 737. The lowest BCUT2D eigenvalue weighted by atomic mass is 10.4. The van der Waals surface area contributed by atoms with Crippen molar-refractivity contribution in [3.05, 3.63) is 58.8 Å². The fraction of sp³-hybridized carbons (Fsp3) is 0.286. The van der Waals surface area contributed by atoms with Gasteiger partial charge in [-0.2, -0.15) is 4.98 Å². The van der Waals surface area contributed by atoms with Gasteiger partial charge < -0.3 is 0 Å². The summed E-state index contributed by atoms with van der Waals surface area (Å²) in [6.45, 7) is 2.09. The summed E-state index contributed by atoms with van der Waals surface area (Å²) < 4.78 is 25.5. The summed E-state index contributed by atoms with van der Waals surface area (Å²) in [4.78, 5) is 15.7. The third kappa shape index (κ3) is 3.54. The van der Waals surface area contributed by atoms with Crippen molar-refractivity contribution in [3.63, 3.8) is 0 Å². The Morgan fingerprint density at radius 1 is 1.15 bits per heavy atom. The lowest BCUT2D eigenvalue weighted by Gasteiger charge is -2.06. The molecule has 0 spiro atoms. The van der Waals surface area contributed by atoms with Crippen LogP contribution in [-0.4, -0.2) is 23.7 Å². The first-order chi connectivity index (χ1) is 9.49. The minimum atomic E-state index is -3.29. The van der Waals surface area contributed by atoms with E-state index in [0.717, 1.165) is 0 Å². The van der Waals surface area contributed by atoms with Gasteiger partial charge in [0.15, 0.2) is 9.84 Å². The van der Waals surface area contributed by atoms with Gasteiger partial charge in [-0.05, 0) is 31.5 Å². The van der Waals surface area contributed by atoms with Gasteiger partial charge in [-0.1, -0.05) is 18.2 Å². The van der Waals surface area contributed by atoms with E-state index in [1.54, 1.807) is 49.5 Å². The Hall–Kier alpha value is -1.95. The number of rotatable bonds is 5. The van der Waals surface area contributed by atoms with Gasteiger partial charge in [0, 0.05) is 18.4 Å². The fourth-order valence-corrected chi connectivity index (χ4v) is 3.17. The molecule has 0 saturated heterocycles. The predicted molar refractivity (Wildman–Crippen MR) is 76.3 cm³/mol. The third-order valence-electron chi connectivity index (χ3n) is 2.93. The molecule has 20 heavy (non-hydrogen) atoms. The van der Waals surface area contributed by atoms with Crippen molar-refractivity contribution in [2.24, 2.45) is 0 Å². The van der Waals surface area contributed by atoms with E-state index in [1.165, 1.54) is 4.57 Å². The second-order valence-corrected chi connectivity index (χ2v) is 6.64. The molecule has 106 valence electrons. The normalized spacial score (nSPS) is 11.4. The maximum Gasteiger partial charge on any atom is 0.347 e. The van der Waals surface area contributed by atoms with Gasteiger partial charge in [-0.15, -0.1) is 0 Å². The summed E-state index contributed by atoms with van der Waals surface area (Å²) in [7, 11) is -3.29. The average Bonchev–Trinajstić information content (AvgIpc) is 2.42. The molecule has 0 aliphatic rings. The van der Waals surface area contributed by atoms with Crippen LogP contribution in [0.3, 0.4) is 0 Å². The summed E-state index contributed by atoms with van der Waals surface area (Å²) in [5, 5.41) is 0. The largest absolute Gasteiger partial charge is 0.347 e. The zero-order chi connectivity index (χ0) is 14.6. The van der Waals surface area contributed by atoms with Crippen LogP contribution in [-0.2, 0) is 16.4 Å². The summed E-state index contributed by atoms with van der Waals surface area (Å²) in [6, 6.07) is 10.1. The lowest BCUT2D eigenvalue weighted by Crippen LogP contribution is -2.24. The molecule has 6 heteroatoms. The zero-order valence-corrected chi connectivity index (χ0v) is 12.0. The zero-order valence-electron chi connectivity index (χ0n) is 11.2. The highest BCUT2D eigenvalue weighted by Crippen LogP contribution is 2.11. The van der Waals surface area contributed by atoms with E-state index in [2.05, 4.69) is 4.98 Å². The molecule has 0 bridgehead atoms. The Balaban J connectivity index is 2.01. The van der Waals surface area contributed by atoms with E-state index < -0.39 is 9.84 Å². The van der Waals surface area contributed by atoms with Crippen LogP contribution >= 0.6 is 0 Å². The van der Waals surface area contributed by atoms with Gasteiger partial charge in [0.05, 0.1) is 10.6 Å². The molecule has 0 saturated carbocycles.